The van der Waals surface area contributed by atoms with Crippen molar-refractivity contribution in [1.82, 2.24) is 24.3 Å². The van der Waals surface area contributed by atoms with Crippen LogP contribution in [0.2, 0.25) is 0 Å². The maximum absolute atomic E-state index is 13.4. The first-order valence-corrected chi connectivity index (χ1v) is 11.1. The average molecular weight is 467 g/mol. The molecule has 0 radical (unpaired) electrons. The number of nitrogens with zero attached hydrogens (tertiary/aromatic N) is 5. The van der Waals surface area contributed by atoms with E-state index in [9.17, 15) is 13.2 Å². The molecule has 0 saturated heterocycles. The van der Waals surface area contributed by atoms with E-state index >= 15 is 0 Å². The van der Waals surface area contributed by atoms with Crippen molar-refractivity contribution < 1.29 is 17.9 Å². The zero-order chi connectivity index (χ0) is 24.0. The minimum absolute atomic E-state index is 0.243. The Morgan fingerprint density at radius 3 is 2.62 bits per heavy atom. The first kappa shape index (κ1) is 22.2. The number of imidazole rings is 1. The molecule has 1 aliphatic rings. The summed E-state index contributed by atoms with van der Waals surface area (Å²) in [7, 11) is 1.60. The lowest BCUT2D eigenvalue weighted by Crippen LogP contribution is -2.19. The fourth-order valence-electron chi connectivity index (χ4n) is 4.54. The summed E-state index contributed by atoms with van der Waals surface area (Å²) >= 11 is 0. The van der Waals surface area contributed by atoms with Crippen molar-refractivity contribution in [3.63, 3.8) is 0 Å². The summed E-state index contributed by atoms with van der Waals surface area (Å²) in [5, 5.41) is 4.69. The van der Waals surface area contributed by atoms with Gasteiger partial charge in [-0.2, -0.15) is 18.3 Å². The fourth-order valence-corrected chi connectivity index (χ4v) is 4.54. The highest BCUT2D eigenvalue weighted by molar-refractivity contribution is 5.63. The van der Waals surface area contributed by atoms with E-state index in [0.29, 0.717) is 29.5 Å². The van der Waals surface area contributed by atoms with Gasteiger partial charge in [-0.3, -0.25) is 0 Å². The molecule has 1 aliphatic heterocycles. The molecule has 0 aliphatic carbocycles. The summed E-state index contributed by atoms with van der Waals surface area (Å²) in [5.41, 5.74) is 3.34. The molecule has 0 spiro atoms. The zero-order valence-corrected chi connectivity index (χ0v) is 19.1. The molecule has 9 heteroatoms. The van der Waals surface area contributed by atoms with Crippen molar-refractivity contribution in [2.75, 3.05) is 7.11 Å². The second-order valence-corrected chi connectivity index (χ2v) is 8.59. The molecule has 1 atom stereocenters. The van der Waals surface area contributed by atoms with Crippen molar-refractivity contribution in [2.45, 2.75) is 45.3 Å². The Kier molecular flexibility index (Phi) is 5.42. The van der Waals surface area contributed by atoms with Crippen molar-refractivity contribution in [3.8, 4) is 22.8 Å². The quantitative estimate of drug-likeness (QED) is 0.386. The number of methoxy groups -OCH3 is 1. The van der Waals surface area contributed by atoms with Gasteiger partial charge in [-0.1, -0.05) is 6.07 Å². The highest BCUT2D eigenvalue weighted by atomic mass is 19.4. The molecule has 5 rings (SSSR count). The SMILES string of the molecule is COc1cc(-c2nc3n(n2)CCC[C@H]3c2cc(C(F)(F)F)ccc2C)ccc1-n1cnc(C)c1. The van der Waals surface area contributed by atoms with E-state index < -0.39 is 11.7 Å². The Morgan fingerprint density at radius 1 is 1.09 bits per heavy atom. The number of alkyl halides is 3. The molecule has 2 aromatic heterocycles. The summed E-state index contributed by atoms with van der Waals surface area (Å²) < 4.78 is 49.4. The zero-order valence-electron chi connectivity index (χ0n) is 19.1. The number of benzene rings is 2. The van der Waals surface area contributed by atoms with Crippen LogP contribution in [0.3, 0.4) is 0 Å². The third kappa shape index (κ3) is 3.95. The molecule has 0 bridgehead atoms. The molecule has 0 amide bonds. The van der Waals surface area contributed by atoms with Gasteiger partial charge in [0.25, 0.3) is 0 Å². The van der Waals surface area contributed by atoms with Gasteiger partial charge in [0.1, 0.15) is 11.6 Å². The van der Waals surface area contributed by atoms with Gasteiger partial charge in [-0.25, -0.2) is 14.6 Å². The van der Waals surface area contributed by atoms with Crippen molar-refractivity contribution in [2.24, 2.45) is 0 Å². The minimum Gasteiger partial charge on any atom is -0.495 e. The van der Waals surface area contributed by atoms with Crippen molar-refractivity contribution in [1.29, 1.82) is 0 Å². The smallest absolute Gasteiger partial charge is 0.416 e. The molecule has 176 valence electrons. The Hall–Kier alpha value is -3.62. The van der Waals surface area contributed by atoms with E-state index in [4.69, 9.17) is 9.72 Å². The Morgan fingerprint density at radius 2 is 1.91 bits per heavy atom. The third-order valence-corrected chi connectivity index (χ3v) is 6.28. The van der Waals surface area contributed by atoms with Gasteiger partial charge >= 0.3 is 6.18 Å². The maximum atomic E-state index is 13.4. The van der Waals surface area contributed by atoms with Gasteiger partial charge < -0.3 is 9.30 Å². The average Bonchev–Trinajstić information content (AvgIpc) is 3.44. The number of aryl methyl sites for hydroxylation is 3. The Labute approximate surface area is 195 Å². The number of hydrogen-bond acceptors (Lipinski definition) is 4. The summed E-state index contributed by atoms with van der Waals surface area (Å²) in [6, 6.07) is 9.64. The lowest BCUT2D eigenvalue weighted by molar-refractivity contribution is -0.137. The summed E-state index contributed by atoms with van der Waals surface area (Å²) in [4.78, 5) is 9.06. The predicted molar refractivity (Wildman–Crippen MR) is 121 cm³/mol. The molecule has 3 heterocycles. The number of ether oxygens (including phenoxy) is 1. The van der Waals surface area contributed by atoms with Crippen molar-refractivity contribution >= 4 is 0 Å². The normalized spacial score (nSPS) is 15.9. The summed E-state index contributed by atoms with van der Waals surface area (Å²) in [5.74, 6) is 1.62. The molecule has 0 unspecified atom stereocenters. The van der Waals surface area contributed by atoms with E-state index in [-0.39, 0.29) is 5.92 Å². The van der Waals surface area contributed by atoms with E-state index in [2.05, 4.69) is 10.1 Å². The van der Waals surface area contributed by atoms with Crippen LogP contribution in [0, 0.1) is 13.8 Å². The molecular formula is C25H24F3N5O. The monoisotopic (exact) mass is 467 g/mol. The molecule has 0 saturated carbocycles. The van der Waals surface area contributed by atoms with Crippen molar-refractivity contribution in [3.05, 3.63) is 77.1 Å². The second-order valence-electron chi connectivity index (χ2n) is 8.59. The van der Waals surface area contributed by atoms with Crippen LogP contribution in [0.1, 0.15) is 47.0 Å². The lowest BCUT2D eigenvalue weighted by Gasteiger charge is -2.24. The van der Waals surface area contributed by atoms with Gasteiger partial charge in [-0.15, -0.1) is 0 Å². The van der Waals surface area contributed by atoms with Crippen LogP contribution >= 0.6 is 0 Å². The van der Waals surface area contributed by atoms with Gasteiger partial charge in [0.05, 0.1) is 30.4 Å². The second kappa shape index (κ2) is 8.30. The molecular weight excluding hydrogens is 443 g/mol. The van der Waals surface area contributed by atoms with Crippen LogP contribution in [0.5, 0.6) is 5.75 Å². The van der Waals surface area contributed by atoms with Crippen LogP contribution in [-0.4, -0.2) is 31.4 Å². The number of hydrogen-bond donors (Lipinski definition) is 0. The minimum atomic E-state index is -4.39. The summed E-state index contributed by atoms with van der Waals surface area (Å²) in [6.45, 7) is 4.44. The molecule has 4 aromatic rings. The number of aromatic nitrogens is 5. The van der Waals surface area contributed by atoms with E-state index in [1.165, 1.54) is 12.1 Å². The molecule has 0 N–H and O–H groups in total. The molecule has 2 aromatic carbocycles. The lowest BCUT2D eigenvalue weighted by atomic mass is 9.87. The highest BCUT2D eigenvalue weighted by Crippen LogP contribution is 2.39. The van der Waals surface area contributed by atoms with Crippen LogP contribution in [-0.2, 0) is 12.7 Å². The third-order valence-electron chi connectivity index (χ3n) is 6.28. The van der Waals surface area contributed by atoms with E-state index in [0.717, 1.165) is 41.4 Å². The summed E-state index contributed by atoms with van der Waals surface area (Å²) in [6.07, 6.45) is 0.790. The first-order chi connectivity index (χ1) is 16.2. The van der Waals surface area contributed by atoms with Gasteiger partial charge in [0.15, 0.2) is 5.82 Å². The van der Waals surface area contributed by atoms with Crippen LogP contribution < -0.4 is 4.74 Å². The standard InChI is InChI=1S/C25H24F3N5O/c1-15-6-8-18(25(26,27)28)12-20(15)19-5-4-10-33-24(19)30-23(31-33)17-7-9-21(22(11-17)34-3)32-13-16(2)29-14-32/h6-9,11-14,19H,4-5,10H2,1-3H3/t19-/m0/s1. The fraction of sp³-hybridized carbons (Fsp3) is 0.320. The number of rotatable bonds is 4. The number of fused-ring (bicyclic) bond motifs is 1. The van der Waals surface area contributed by atoms with E-state index in [1.54, 1.807) is 13.4 Å². The van der Waals surface area contributed by atoms with Crippen LogP contribution in [0.4, 0.5) is 13.2 Å². The topological polar surface area (TPSA) is 57.8 Å². The Balaban J connectivity index is 1.54. The molecule has 0 fully saturated rings. The maximum Gasteiger partial charge on any atom is 0.416 e. The van der Waals surface area contributed by atoms with Gasteiger partial charge in [0, 0.05) is 24.2 Å². The van der Waals surface area contributed by atoms with E-state index in [1.807, 2.05) is 47.5 Å². The molecule has 6 nitrogen and oxygen atoms in total. The van der Waals surface area contributed by atoms with Gasteiger partial charge in [0.2, 0.25) is 0 Å². The first-order valence-electron chi connectivity index (χ1n) is 11.1. The predicted octanol–water partition coefficient (Wildman–Crippen LogP) is 5.70. The van der Waals surface area contributed by atoms with Crippen LogP contribution in [0.15, 0.2) is 48.9 Å². The highest BCUT2D eigenvalue weighted by Gasteiger charge is 2.33. The Bertz CT molecular complexity index is 1360. The van der Waals surface area contributed by atoms with Gasteiger partial charge in [-0.05, 0) is 68.1 Å². The van der Waals surface area contributed by atoms with Crippen LogP contribution in [0.25, 0.3) is 17.1 Å². The number of halogens is 3. The molecule has 34 heavy (non-hydrogen) atoms. The largest absolute Gasteiger partial charge is 0.495 e.